The molecule has 0 unspecified atom stereocenters. The van der Waals surface area contributed by atoms with E-state index in [1.165, 1.54) is 0 Å². The molecule has 1 amide bonds. The van der Waals surface area contributed by atoms with Crippen LogP contribution in [0.1, 0.15) is 33.6 Å². The van der Waals surface area contributed by atoms with Gasteiger partial charge in [0.1, 0.15) is 23.0 Å². The van der Waals surface area contributed by atoms with E-state index in [1.54, 1.807) is 37.3 Å². The van der Waals surface area contributed by atoms with E-state index in [1.807, 2.05) is 26.8 Å². The molecule has 4 aromatic rings. The first kappa shape index (κ1) is 22.3. The highest BCUT2D eigenvalue weighted by molar-refractivity contribution is 6.07. The predicted octanol–water partition coefficient (Wildman–Crippen LogP) is 4.13. The number of hydrogen-bond acceptors (Lipinski definition) is 5. The Labute approximate surface area is 190 Å². The summed E-state index contributed by atoms with van der Waals surface area (Å²) in [6, 6.07) is 9.73. The Hall–Kier alpha value is -3.87. The smallest absolute Gasteiger partial charge is 0.340 e. The largest absolute Gasteiger partial charge is 0.480 e. The van der Waals surface area contributed by atoms with Gasteiger partial charge in [-0.05, 0) is 56.0 Å². The minimum Gasteiger partial charge on any atom is -0.480 e. The summed E-state index contributed by atoms with van der Waals surface area (Å²) >= 11 is 0. The molecule has 0 aliphatic carbocycles. The molecule has 2 aromatic heterocycles. The first-order chi connectivity index (χ1) is 15.7. The third-order valence-corrected chi connectivity index (χ3v) is 6.13. The summed E-state index contributed by atoms with van der Waals surface area (Å²) < 4.78 is 11.5. The number of carboxylic acid groups (broad SMARTS) is 1. The number of aliphatic carboxylic acids is 1. The number of carbonyl (C=O) groups excluding carboxylic acids is 1. The number of carbonyl (C=O) groups is 2. The van der Waals surface area contributed by atoms with E-state index in [2.05, 4.69) is 5.32 Å². The molecule has 0 aliphatic rings. The van der Waals surface area contributed by atoms with Gasteiger partial charge in [0.05, 0.1) is 17.4 Å². The summed E-state index contributed by atoms with van der Waals surface area (Å²) in [5.74, 6) is -0.938. The van der Waals surface area contributed by atoms with Crippen LogP contribution < -0.4 is 10.9 Å². The fraction of sp³-hybridized carbons (Fsp3) is 0.269. The number of amides is 1. The maximum absolute atomic E-state index is 12.8. The molecule has 33 heavy (non-hydrogen) atoms. The van der Waals surface area contributed by atoms with Crippen LogP contribution in [-0.2, 0) is 22.4 Å². The average Bonchev–Trinajstić information content (AvgIpc) is 3.05. The number of carboxylic acids is 1. The Balaban J connectivity index is 1.69. The van der Waals surface area contributed by atoms with Crippen molar-refractivity contribution in [1.29, 1.82) is 0 Å². The number of fused-ring (bicyclic) bond motifs is 3. The quantitative estimate of drug-likeness (QED) is 0.430. The van der Waals surface area contributed by atoms with Crippen molar-refractivity contribution in [3.05, 3.63) is 80.4 Å². The molecule has 2 N–H and O–H groups in total. The van der Waals surface area contributed by atoms with Crippen LogP contribution in [0.3, 0.4) is 0 Å². The van der Waals surface area contributed by atoms with Crippen molar-refractivity contribution in [2.45, 2.75) is 46.6 Å². The van der Waals surface area contributed by atoms with Crippen molar-refractivity contribution in [3.63, 3.8) is 0 Å². The lowest BCUT2D eigenvalue weighted by atomic mass is 9.98. The van der Waals surface area contributed by atoms with Gasteiger partial charge in [0, 0.05) is 11.8 Å². The molecule has 0 aliphatic heterocycles. The molecular formula is C26H25NO6. The van der Waals surface area contributed by atoms with E-state index in [-0.39, 0.29) is 18.4 Å². The summed E-state index contributed by atoms with van der Waals surface area (Å²) in [4.78, 5) is 37.2. The first-order valence-corrected chi connectivity index (χ1v) is 10.7. The normalized spacial score (nSPS) is 12.2. The van der Waals surface area contributed by atoms with Gasteiger partial charge in [0.2, 0.25) is 5.91 Å². The van der Waals surface area contributed by atoms with E-state index >= 15 is 0 Å². The van der Waals surface area contributed by atoms with Gasteiger partial charge < -0.3 is 19.3 Å². The molecule has 1 atom stereocenters. The molecule has 0 fully saturated rings. The van der Waals surface area contributed by atoms with Crippen molar-refractivity contribution >= 4 is 33.8 Å². The van der Waals surface area contributed by atoms with Crippen LogP contribution in [0.2, 0.25) is 0 Å². The number of rotatable bonds is 6. The first-order valence-electron chi connectivity index (χ1n) is 10.7. The molecule has 0 bridgehead atoms. The number of nitrogens with one attached hydrogen (secondary N) is 1. The fourth-order valence-electron chi connectivity index (χ4n) is 4.29. The molecule has 0 saturated carbocycles. The van der Waals surface area contributed by atoms with Crippen LogP contribution in [0.15, 0.2) is 50.0 Å². The van der Waals surface area contributed by atoms with Crippen LogP contribution in [0, 0.1) is 27.7 Å². The summed E-state index contributed by atoms with van der Waals surface area (Å²) in [5.41, 5.74) is 3.90. The SMILES string of the molecule is Cc1oc2c(c(C)cc3oc(=O)c(CC(=O)N[C@@H](Cc4ccccc4)C(=O)O)c(C)c32)c1C. The highest BCUT2D eigenvalue weighted by Crippen LogP contribution is 2.36. The van der Waals surface area contributed by atoms with Crippen molar-refractivity contribution in [1.82, 2.24) is 5.32 Å². The molecular weight excluding hydrogens is 422 g/mol. The standard InChI is InChI=1S/C26H25NO6/c1-13-10-20-23(24-22(13)14(2)16(4)32-24)15(3)18(26(31)33-20)12-21(28)27-19(25(29)30)11-17-8-6-5-7-9-17/h5-10,19H,11-12H2,1-4H3,(H,27,28)(H,29,30)/t19-/m0/s1. The molecule has 2 aromatic carbocycles. The van der Waals surface area contributed by atoms with Crippen molar-refractivity contribution in [2.24, 2.45) is 0 Å². The second-order valence-corrected chi connectivity index (χ2v) is 8.37. The van der Waals surface area contributed by atoms with Crippen molar-refractivity contribution < 1.29 is 23.5 Å². The van der Waals surface area contributed by atoms with E-state index in [0.717, 1.165) is 27.8 Å². The summed E-state index contributed by atoms with van der Waals surface area (Å²) in [5, 5.41) is 13.7. The number of hydrogen-bond donors (Lipinski definition) is 2. The topological polar surface area (TPSA) is 110 Å². The Morgan fingerprint density at radius 2 is 1.70 bits per heavy atom. The Kier molecular flexibility index (Phi) is 5.80. The lowest BCUT2D eigenvalue weighted by Crippen LogP contribution is -2.43. The van der Waals surface area contributed by atoms with Gasteiger partial charge in [-0.15, -0.1) is 0 Å². The van der Waals surface area contributed by atoms with Gasteiger partial charge in [0.15, 0.2) is 0 Å². The zero-order valence-electron chi connectivity index (χ0n) is 18.9. The molecule has 0 saturated heterocycles. The number of aryl methyl sites for hydroxylation is 4. The van der Waals surface area contributed by atoms with E-state index in [9.17, 15) is 19.5 Å². The second kappa shape index (κ2) is 8.58. The molecule has 170 valence electrons. The van der Waals surface area contributed by atoms with Gasteiger partial charge >= 0.3 is 11.6 Å². The van der Waals surface area contributed by atoms with Crippen LogP contribution >= 0.6 is 0 Å². The highest BCUT2D eigenvalue weighted by Gasteiger charge is 2.24. The summed E-state index contributed by atoms with van der Waals surface area (Å²) in [7, 11) is 0. The van der Waals surface area contributed by atoms with Gasteiger partial charge in [-0.25, -0.2) is 9.59 Å². The lowest BCUT2D eigenvalue weighted by molar-refractivity contribution is -0.141. The van der Waals surface area contributed by atoms with Crippen LogP contribution in [0.25, 0.3) is 21.9 Å². The maximum atomic E-state index is 12.8. The third-order valence-electron chi connectivity index (χ3n) is 6.13. The molecule has 7 nitrogen and oxygen atoms in total. The lowest BCUT2D eigenvalue weighted by Gasteiger charge is -2.15. The highest BCUT2D eigenvalue weighted by atomic mass is 16.4. The Morgan fingerprint density at radius 1 is 1.00 bits per heavy atom. The zero-order valence-corrected chi connectivity index (χ0v) is 18.9. The predicted molar refractivity (Wildman–Crippen MR) is 125 cm³/mol. The van der Waals surface area contributed by atoms with E-state index in [4.69, 9.17) is 8.83 Å². The molecule has 0 spiro atoms. The minimum atomic E-state index is -1.15. The van der Waals surface area contributed by atoms with Crippen LogP contribution in [0.5, 0.6) is 0 Å². The van der Waals surface area contributed by atoms with Crippen LogP contribution in [-0.4, -0.2) is 23.0 Å². The average molecular weight is 447 g/mol. The van der Waals surface area contributed by atoms with Gasteiger partial charge in [-0.1, -0.05) is 30.3 Å². The van der Waals surface area contributed by atoms with Gasteiger partial charge in [-0.2, -0.15) is 0 Å². The molecule has 0 radical (unpaired) electrons. The molecule has 2 heterocycles. The van der Waals surface area contributed by atoms with E-state index in [0.29, 0.717) is 22.1 Å². The Morgan fingerprint density at radius 3 is 2.36 bits per heavy atom. The zero-order chi connectivity index (χ0) is 23.9. The van der Waals surface area contributed by atoms with Crippen molar-refractivity contribution in [2.75, 3.05) is 0 Å². The summed E-state index contributed by atoms with van der Waals surface area (Å²) in [6.07, 6.45) is -0.158. The number of benzene rings is 2. The molecule has 7 heteroatoms. The number of furan rings is 1. The minimum absolute atomic E-state index is 0.137. The Bertz CT molecular complexity index is 1450. The van der Waals surface area contributed by atoms with E-state index < -0.39 is 23.5 Å². The maximum Gasteiger partial charge on any atom is 0.340 e. The van der Waals surface area contributed by atoms with Crippen molar-refractivity contribution in [3.8, 4) is 0 Å². The van der Waals surface area contributed by atoms with Crippen LogP contribution in [0.4, 0.5) is 0 Å². The van der Waals surface area contributed by atoms with Gasteiger partial charge in [0.25, 0.3) is 0 Å². The third kappa shape index (κ3) is 4.14. The fourth-order valence-corrected chi connectivity index (χ4v) is 4.29. The van der Waals surface area contributed by atoms with Gasteiger partial charge in [-0.3, -0.25) is 4.79 Å². The monoisotopic (exact) mass is 447 g/mol. The second-order valence-electron chi connectivity index (χ2n) is 8.37. The molecule has 4 rings (SSSR count). The summed E-state index contributed by atoms with van der Waals surface area (Å²) in [6.45, 7) is 7.53.